The number of amides is 1. The van der Waals surface area contributed by atoms with Crippen LogP contribution in [-0.4, -0.2) is 36.2 Å². The van der Waals surface area contributed by atoms with E-state index in [0.717, 1.165) is 5.56 Å². The molecule has 0 aliphatic rings. The fraction of sp³-hybridized carbons (Fsp3) is 0.267. The topological polar surface area (TPSA) is 73.3 Å². The van der Waals surface area contributed by atoms with Crippen LogP contribution in [0.5, 0.6) is 5.88 Å². The van der Waals surface area contributed by atoms with Gasteiger partial charge in [0, 0.05) is 19.5 Å². The van der Waals surface area contributed by atoms with Gasteiger partial charge < -0.3 is 14.8 Å². The van der Waals surface area contributed by atoms with E-state index in [0.29, 0.717) is 24.6 Å². The summed E-state index contributed by atoms with van der Waals surface area (Å²) in [6.07, 6.45) is 3.22. The van der Waals surface area contributed by atoms with Crippen LogP contribution in [0.2, 0.25) is 0 Å². The number of rotatable bonds is 6. The lowest BCUT2D eigenvalue weighted by Gasteiger charge is -2.10. The van der Waals surface area contributed by atoms with Gasteiger partial charge in [-0.15, -0.1) is 0 Å². The molecule has 0 fully saturated rings. The Labute approximate surface area is 123 Å². The van der Waals surface area contributed by atoms with E-state index in [1.54, 1.807) is 37.7 Å². The maximum Gasteiger partial charge on any atom is 0.262 e. The highest BCUT2D eigenvalue weighted by atomic mass is 16.5. The van der Waals surface area contributed by atoms with Crippen LogP contribution in [-0.2, 0) is 4.74 Å². The summed E-state index contributed by atoms with van der Waals surface area (Å²) in [5, 5.41) is 2.73. The van der Waals surface area contributed by atoms with E-state index in [4.69, 9.17) is 9.47 Å². The molecule has 0 unspecified atom stereocenters. The number of ether oxygens (including phenoxy) is 2. The first-order valence-electron chi connectivity index (χ1n) is 6.51. The van der Waals surface area contributed by atoms with Crippen molar-refractivity contribution >= 4 is 11.7 Å². The Balaban J connectivity index is 2.11. The second kappa shape index (κ2) is 7.35. The molecule has 110 valence electrons. The van der Waals surface area contributed by atoms with Gasteiger partial charge in [0.05, 0.1) is 6.61 Å². The fourth-order valence-electron chi connectivity index (χ4n) is 1.69. The number of carbonyl (C=O) groups is 1. The summed E-state index contributed by atoms with van der Waals surface area (Å²) in [7, 11) is 1.58. The van der Waals surface area contributed by atoms with Crippen LogP contribution >= 0.6 is 0 Å². The molecule has 0 saturated carbocycles. The molecule has 6 nitrogen and oxygen atoms in total. The Morgan fingerprint density at radius 2 is 2.10 bits per heavy atom. The minimum absolute atomic E-state index is 0.278. The van der Waals surface area contributed by atoms with E-state index in [-0.39, 0.29) is 11.8 Å². The van der Waals surface area contributed by atoms with Gasteiger partial charge in [-0.1, -0.05) is 0 Å². The van der Waals surface area contributed by atoms with Crippen molar-refractivity contribution in [1.82, 2.24) is 9.97 Å². The SMILES string of the molecule is COCCOc1ncccc1C(=O)Nc1cc(C)ccn1. The van der Waals surface area contributed by atoms with Gasteiger partial charge in [-0.25, -0.2) is 9.97 Å². The molecule has 1 amide bonds. The maximum atomic E-state index is 12.3. The third-order valence-electron chi connectivity index (χ3n) is 2.70. The monoisotopic (exact) mass is 287 g/mol. The molecule has 0 aliphatic carbocycles. The Kier molecular flexibility index (Phi) is 5.22. The van der Waals surface area contributed by atoms with Crippen molar-refractivity contribution in [2.24, 2.45) is 0 Å². The van der Waals surface area contributed by atoms with Gasteiger partial charge in [-0.3, -0.25) is 4.79 Å². The molecule has 6 heteroatoms. The molecular formula is C15H17N3O3. The molecule has 2 rings (SSSR count). The summed E-state index contributed by atoms with van der Waals surface area (Å²) in [6.45, 7) is 2.69. The molecule has 0 atom stereocenters. The van der Waals surface area contributed by atoms with Crippen LogP contribution in [0.15, 0.2) is 36.7 Å². The van der Waals surface area contributed by atoms with Crippen molar-refractivity contribution < 1.29 is 14.3 Å². The van der Waals surface area contributed by atoms with Crippen LogP contribution in [0.25, 0.3) is 0 Å². The predicted octanol–water partition coefficient (Wildman–Crippen LogP) is 2.06. The highest BCUT2D eigenvalue weighted by molar-refractivity contribution is 6.05. The molecule has 1 N–H and O–H groups in total. The van der Waals surface area contributed by atoms with Crippen LogP contribution in [0, 0.1) is 6.92 Å². The minimum atomic E-state index is -0.311. The van der Waals surface area contributed by atoms with E-state index in [1.807, 2.05) is 13.0 Å². The smallest absolute Gasteiger partial charge is 0.262 e. The number of hydrogen-bond acceptors (Lipinski definition) is 5. The number of anilines is 1. The molecule has 21 heavy (non-hydrogen) atoms. The first-order chi connectivity index (χ1) is 10.2. The largest absolute Gasteiger partial charge is 0.475 e. The summed E-state index contributed by atoms with van der Waals surface area (Å²) in [5.41, 5.74) is 1.37. The average molecular weight is 287 g/mol. The summed E-state index contributed by atoms with van der Waals surface area (Å²) in [4.78, 5) is 20.4. The van der Waals surface area contributed by atoms with Gasteiger partial charge in [0.2, 0.25) is 5.88 Å². The molecule has 0 saturated heterocycles. The zero-order valence-corrected chi connectivity index (χ0v) is 12.0. The van der Waals surface area contributed by atoms with E-state index in [9.17, 15) is 4.79 Å². The van der Waals surface area contributed by atoms with E-state index in [2.05, 4.69) is 15.3 Å². The van der Waals surface area contributed by atoms with Crippen molar-refractivity contribution in [2.75, 3.05) is 25.6 Å². The highest BCUT2D eigenvalue weighted by Gasteiger charge is 2.14. The van der Waals surface area contributed by atoms with Crippen molar-refractivity contribution in [3.05, 3.63) is 47.8 Å². The molecule has 2 heterocycles. The number of aryl methyl sites for hydroxylation is 1. The highest BCUT2D eigenvalue weighted by Crippen LogP contribution is 2.16. The van der Waals surface area contributed by atoms with Crippen LogP contribution in [0.3, 0.4) is 0 Å². The first kappa shape index (κ1) is 14.9. The lowest BCUT2D eigenvalue weighted by molar-refractivity contribution is 0.101. The number of nitrogens with one attached hydrogen (secondary N) is 1. The van der Waals surface area contributed by atoms with Crippen LogP contribution < -0.4 is 10.1 Å². The molecule has 0 bridgehead atoms. The number of pyridine rings is 2. The van der Waals surface area contributed by atoms with Crippen molar-refractivity contribution in [3.8, 4) is 5.88 Å². The number of methoxy groups -OCH3 is 1. The van der Waals surface area contributed by atoms with E-state index < -0.39 is 0 Å². The number of aromatic nitrogens is 2. The van der Waals surface area contributed by atoms with Crippen molar-refractivity contribution in [2.45, 2.75) is 6.92 Å². The average Bonchev–Trinajstić information content (AvgIpc) is 2.48. The van der Waals surface area contributed by atoms with Gasteiger partial charge in [0.25, 0.3) is 5.91 Å². The van der Waals surface area contributed by atoms with Gasteiger partial charge >= 0.3 is 0 Å². The van der Waals surface area contributed by atoms with Gasteiger partial charge in [-0.2, -0.15) is 0 Å². The summed E-state index contributed by atoms with van der Waals surface area (Å²) in [6, 6.07) is 6.99. The van der Waals surface area contributed by atoms with Gasteiger partial charge in [0.15, 0.2) is 0 Å². The van der Waals surface area contributed by atoms with Crippen LogP contribution in [0.4, 0.5) is 5.82 Å². The van der Waals surface area contributed by atoms with Crippen LogP contribution in [0.1, 0.15) is 15.9 Å². The second-order valence-corrected chi connectivity index (χ2v) is 4.37. The Morgan fingerprint density at radius 3 is 2.86 bits per heavy atom. The number of carbonyl (C=O) groups excluding carboxylic acids is 1. The lowest BCUT2D eigenvalue weighted by Crippen LogP contribution is -2.16. The van der Waals surface area contributed by atoms with Crippen molar-refractivity contribution in [3.63, 3.8) is 0 Å². The van der Waals surface area contributed by atoms with Gasteiger partial charge in [-0.05, 0) is 36.8 Å². The summed E-state index contributed by atoms with van der Waals surface area (Å²) in [5.74, 6) is 0.458. The molecule has 2 aromatic heterocycles. The number of hydrogen-bond donors (Lipinski definition) is 1. The molecule has 0 radical (unpaired) electrons. The minimum Gasteiger partial charge on any atom is -0.475 e. The van der Waals surface area contributed by atoms with Gasteiger partial charge in [0.1, 0.15) is 18.0 Å². The lowest BCUT2D eigenvalue weighted by atomic mass is 10.2. The summed E-state index contributed by atoms with van der Waals surface area (Å²) >= 11 is 0. The Bertz CT molecular complexity index is 617. The zero-order chi connectivity index (χ0) is 15.1. The maximum absolute atomic E-state index is 12.3. The second-order valence-electron chi connectivity index (χ2n) is 4.37. The first-order valence-corrected chi connectivity index (χ1v) is 6.51. The van der Waals surface area contributed by atoms with E-state index >= 15 is 0 Å². The quantitative estimate of drug-likeness (QED) is 0.823. The standard InChI is InChI=1S/C15H17N3O3/c1-11-5-7-16-13(10-11)18-14(19)12-4-3-6-17-15(12)21-9-8-20-2/h3-7,10H,8-9H2,1-2H3,(H,16,18,19). The predicted molar refractivity (Wildman–Crippen MR) is 78.5 cm³/mol. The normalized spacial score (nSPS) is 10.2. The molecule has 0 spiro atoms. The van der Waals surface area contributed by atoms with E-state index in [1.165, 1.54) is 0 Å². The van der Waals surface area contributed by atoms with Crippen molar-refractivity contribution in [1.29, 1.82) is 0 Å². The molecule has 0 aliphatic heterocycles. The molecule has 0 aromatic carbocycles. The molecule has 2 aromatic rings. The third kappa shape index (κ3) is 4.25. The third-order valence-corrected chi connectivity index (χ3v) is 2.70. The Morgan fingerprint density at radius 1 is 1.24 bits per heavy atom. The molecular weight excluding hydrogens is 270 g/mol. The fourth-order valence-corrected chi connectivity index (χ4v) is 1.69. The zero-order valence-electron chi connectivity index (χ0n) is 12.0. The Hall–Kier alpha value is -2.47. The summed E-state index contributed by atoms with van der Waals surface area (Å²) < 4.78 is 10.4. The number of nitrogens with zero attached hydrogens (tertiary/aromatic N) is 2.